The minimum absolute atomic E-state index is 0.106. The zero-order chi connectivity index (χ0) is 16.9. The summed E-state index contributed by atoms with van der Waals surface area (Å²) in [5, 5.41) is 1.14. The van der Waals surface area contributed by atoms with Crippen molar-refractivity contribution in [2.24, 2.45) is 0 Å². The topological polar surface area (TPSA) is 45.7 Å². The van der Waals surface area contributed by atoms with Crippen molar-refractivity contribution in [1.82, 2.24) is 9.88 Å². The van der Waals surface area contributed by atoms with E-state index >= 15 is 0 Å². The molecule has 1 aliphatic rings. The van der Waals surface area contributed by atoms with Crippen molar-refractivity contribution in [3.63, 3.8) is 0 Å². The third-order valence-corrected chi connectivity index (χ3v) is 5.43. The van der Waals surface area contributed by atoms with Gasteiger partial charge >= 0.3 is 0 Å². The van der Waals surface area contributed by atoms with Crippen molar-refractivity contribution < 1.29 is 9.53 Å². The van der Waals surface area contributed by atoms with Crippen molar-refractivity contribution in [3.05, 3.63) is 35.5 Å². The molecule has 0 atom stereocenters. The molecule has 2 aromatic heterocycles. The van der Waals surface area contributed by atoms with Gasteiger partial charge in [0.25, 0.3) is 5.91 Å². The fraction of sp³-hybridized carbons (Fsp3) is 0.444. The van der Waals surface area contributed by atoms with Crippen LogP contribution < -0.4 is 4.90 Å². The number of carbonyl (C=O) groups is 1. The van der Waals surface area contributed by atoms with Gasteiger partial charge in [0.2, 0.25) is 0 Å². The lowest BCUT2D eigenvalue weighted by Crippen LogP contribution is -2.35. The number of anilines is 1. The van der Waals surface area contributed by atoms with Gasteiger partial charge in [-0.1, -0.05) is 6.07 Å². The van der Waals surface area contributed by atoms with Crippen molar-refractivity contribution in [3.8, 4) is 11.1 Å². The number of rotatable bonds is 5. The third-order valence-electron chi connectivity index (χ3n) is 4.24. The molecule has 3 heterocycles. The molecule has 1 amide bonds. The van der Waals surface area contributed by atoms with Crippen LogP contribution in [0.5, 0.6) is 0 Å². The van der Waals surface area contributed by atoms with Crippen LogP contribution in [0.25, 0.3) is 11.1 Å². The highest BCUT2D eigenvalue weighted by molar-refractivity contribution is 7.18. The van der Waals surface area contributed by atoms with Crippen LogP contribution in [0.4, 0.5) is 5.00 Å². The summed E-state index contributed by atoms with van der Waals surface area (Å²) in [6, 6.07) is 6.00. The zero-order valence-corrected chi connectivity index (χ0v) is 15.0. The second kappa shape index (κ2) is 7.77. The smallest absolute Gasteiger partial charge is 0.263 e. The summed E-state index contributed by atoms with van der Waals surface area (Å²) in [6.45, 7) is 8.64. The molecule has 1 aliphatic heterocycles. The lowest BCUT2D eigenvalue weighted by atomic mass is 10.1. The van der Waals surface area contributed by atoms with Gasteiger partial charge in [0.1, 0.15) is 0 Å². The van der Waals surface area contributed by atoms with E-state index in [2.05, 4.69) is 9.88 Å². The normalized spacial score (nSPS) is 14.7. The van der Waals surface area contributed by atoms with Gasteiger partial charge < -0.3 is 14.5 Å². The Balaban J connectivity index is 2.00. The van der Waals surface area contributed by atoms with Crippen LogP contribution in [0.3, 0.4) is 0 Å². The summed E-state index contributed by atoms with van der Waals surface area (Å²) in [4.78, 5) is 22.0. The number of carbonyl (C=O) groups excluding carboxylic acids is 1. The number of amides is 1. The molecule has 5 nitrogen and oxygen atoms in total. The van der Waals surface area contributed by atoms with E-state index in [4.69, 9.17) is 4.74 Å². The van der Waals surface area contributed by atoms with E-state index in [0.717, 1.165) is 60.4 Å². The maximum absolute atomic E-state index is 12.8. The monoisotopic (exact) mass is 345 g/mol. The molecule has 0 saturated carbocycles. The summed E-state index contributed by atoms with van der Waals surface area (Å²) < 4.78 is 5.47. The van der Waals surface area contributed by atoms with E-state index in [1.165, 1.54) is 0 Å². The Kier molecular flexibility index (Phi) is 5.48. The van der Waals surface area contributed by atoms with Crippen LogP contribution in [0.1, 0.15) is 23.5 Å². The quantitative estimate of drug-likeness (QED) is 0.835. The van der Waals surface area contributed by atoms with Crippen molar-refractivity contribution >= 4 is 22.2 Å². The predicted octanol–water partition coefficient (Wildman–Crippen LogP) is 3.13. The minimum Gasteiger partial charge on any atom is -0.378 e. The highest BCUT2D eigenvalue weighted by Crippen LogP contribution is 2.39. The van der Waals surface area contributed by atoms with Crippen LogP contribution in [-0.2, 0) is 4.74 Å². The number of thiophene rings is 1. The Labute approximate surface area is 146 Å². The van der Waals surface area contributed by atoms with Gasteiger partial charge in [0.05, 0.1) is 23.1 Å². The number of morpholine rings is 1. The summed E-state index contributed by atoms with van der Waals surface area (Å²) in [6.07, 6.45) is 3.63. The number of aromatic nitrogens is 1. The van der Waals surface area contributed by atoms with Crippen LogP contribution in [0, 0.1) is 0 Å². The largest absolute Gasteiger partial charge is 0.378 e. The second-order valence-electron chi connectivity index (χ2n) is 5.65. The Morgan fingerprint density at radius 1 is 1.33 bits per heavy atom. The lowest BCUT2D eigenvalue weighted by molar-refractivity contribution is 0.0778. The third kappa shape index (κ3) is 3.44. The molecular formula is C18H23N3O2S. The molecule has 0 N–H and O–H groups in total. The van der Waals surface area contributed by atoms with Gasteiger partial charge in [0, 0.05) is 49.7 Å². The molecule has 0 radical (unpaired) electrons. The summed E-state index contributed by atoms with van der Waals surface area (Å²) in [7, 11) is 0. The highest BCUT2D eigenvalue weighted by Gasteiger charge is 2.23. The molecule has 6 heteroatoms. The molecule has 0 aromatic carbocycles. The maximum atomic E-state index is 12.8. The second-order valence-corrected chi connectivity index (χ2v) is 6.68. The van der Waals surface area contributed by atoms with Gasteiger partial charge in [-0.3, -0.25) is 9.78 Å². The Bertz CT molecular complexity index is 677. The molecule has 24 heavy (non-hydrogen) atoms. The fourth-order valence-corrected chi connectivity index (χ4v) is 4.08. The van der Waals surface area contributed by atoms with Gasteiger partial charge in [-0.05, 0) is 26.0 Å². The molecule has 0 bridgehead atoms. The molecule has 1 saturated heterocycles. The fourth-order valence-electron chi connectivity index (χ4n) is 2.88. The molecule has 128 valence electrons. The Morgan fingerprint density at radius 3 is 2.71 bits per heavy atom. The number of hydrogen-bond acceptors (Lipinski definition) is 5. The lowest BCUT2D eigenvalue weighted by Gasteiger charge is -2.28. The first kappa shape index (κ1) is 16.9. The maximum Gasteiger partial charge on any atom is 0.263 e. The number of nitrogens with zero attached hydrogens (tertiary/aromatic N) is 3. The van der Waals surface area contributed by atoms with Gasteiger partial charge in [-0.2, -0.15) is 0 Å². The van der Waals surface area contributed by atoms with Gasteiger partial charge in [0.15, 0.2) is 0 Å². The SMILES string of the molecule is CCN(CC)C(=O)c1cc(-c2cccnc2)c(N2CCOCC2)s1. The first-order chi connectivity index (χ1) is 11.7. The average Bonchev–Trinajstić information content (AvgIpc) is 3.09. The van der Waals surface area contributed by atoms with E-state index in [1.807, 2.05) is 43.1 Å². The number of ether oxygens (including phenoxy) is 1. The summed E-state index contributed by atoms with van der Waals surface area (Å²) in [5.74, 6) is 0.106. The molecule has 0 spiro atoms. The van der Waals surface area contributed by atoms with Crippen LogP contribution in [0.2, 0.25) is 0 Å². The zero-order valence-electron chi connectivity index (χ0n) is 14.2. The predicted molar refractivity (Wildman–Crippen MR) is 97.8 cm³/mol. The van der Waals surface area contributed by atoms with Crippen molar-refractivity contribution in [2.45, 2.75) is 13.8 Å². The summed E-state index contributed by atoms with van der Waals surface area (Å²) >= 11 is 1.58. The molecule has 3 rings (SSSR count). The Morgan fingerprint density at radius 2 is 2.08 bits per heavy atom. The van der Waals surface area contributed by atoms with E-state index in [-0.39, 0.29) is 5.91 Å². The van der Waals surface area contributed by atoms with E-state index in [9.17, 15) is 4.79 Å². The molecule has 0 unspecified atom stereocenters. The standard InChI is InChI=1S/C18H23N3O2S/c1-3-20(4-2)17(22)16-12-15(14-6-5-7-19-13-14)18(24-16)21-8-10-23-11-9-21/h5-7,12-13H,3-4,8-11H2,1-2H3. The van der Waals surface area contributed by atoms with Crippen LogP contribution in [0.15, 0.2) is 30.6 Å². The van der Waals surface area contributed by atoms with E-state index in [1.54, 1.807) is 17.5 Å². The minimum atomic E-state index is 0.106. The Hall–Kier alpha value is -1.92. The first-order valence-electron chi connectivity index (χ1n) is 8.40. The molecule has 1 fully saturated rings. The van der Waals surface area contributed by atoms with Crippen molar-refractivity contribution in [1.29, 1.82) is 0 Å². The molecule has 0 aliphatic carbocycles. The van der Waals surface area contributed by atoms with Crippen LogP contribution >= 0.6 is 11.3 Å². The van der Waals surface area contributed by atoms with E-state index < -0.39 is 0 Å². The van der Waals surface area contributed by atoms with Crippen LogP contribution in [-0.4, -0.2) is 55.2 Å². The highest BCUT2D eigenvalue weighted by atomic mass is 32.1. The van der Waals surface area contributed by atoms with E-state index in [0.29, 0.717) is 0 Å². The summed E-state index contributed by atoms with van der Waals surface area (Å²) in [5.41, 5.74) is 2.14. The van der Waals surface area contributed by atoms with Crippen molar-refractivity contribution in [2.75, 3.05) is 44.3 Å². The first-order valence-corrected chi connectivity index (χ1v) is 9.22. The van der Waals surface area contributed by atoms with Gasteiger partial charge in [-0.15, -0.1) is 11.3 Å². The number of pyridine rings is 1. The van der Waals surface area contributed by atoms with Gasteiger partial charge in [-0.25, -0.2) is 0 Å². The number of hydrogen-bond donors (Lipinski definition) is 0. The average molecular weight is 345 g/mol. The molecular weight excluding hydrogens is 322 g/mol. The molecule has 2 aromatic rings.